The van der Waals surface area contributed by atoms with Gasteiger partial charge in [-0.1, -0.05) is 0 Å². The molecule has 0 aliphatic carbocycles. The number of aliphatic hydroxyl groups is 4. The average Bonchev–Trinajstić information content (AvgIpc) is 4.12. The van der Waals surface area contributed by atoms with Gasteiger partial charge in [-0.25, -0.2) is 19.9 Å². The molecule has 62 heavy (non-hydrogen) atoms. The Labute approximate surface area is 351 Å². The maximum Gasteiger partial charge on any atom is 0.227 e. The zero-order chi connectivity index (χ0) is 43.0. The average molecular weight is 858 g/mol. The number of anilines is 2. The molecule has 10 heterocycles. The van der Waals surface area contributed by atoms with Gasteiger partial charge in [0, 0.05) is 38.6 Å². The number of hydrogen-bond donors (Lipinski definition) is 5. The number of aromatic nitrogens is 16. The van der Waals surface area contributed by atoms with E-state index in [-0.39, 0.29) is 29.5 Å². The Kier molecular flexibility index (Phi) is 10.2. The van der Waals surface area contributed by atoms with Crippen molar-refractivity contribution in [2.24, 2.45) is 5.92 Å². The van der Waals surface area contributed by atoms with Gasteiger partial charge in [0.15, 0.2) is 36.0 Å². The second kappa shape index (κ2) is 15.8. The lowest BCUT2D eigenvalue weighted by Crippen LogP contribution is -2.38. The maximum absolute atomic E-state index is 13.4. The van der Waals surface area contributed by atoms with E-state index in [1.807, 2.05) is 37.5 Å². The molecule has 1 amide bonds. The Morgan fingerprint density at radius 2 is 1.21 bits per heavy atom. The summed E-state index contributed by atoms with van der Waals surface area (Å²) in [6.07, 6.45) is -4.46. The predicted molar refractivity (Wildman–Crippen MR) is 211 cm³/mol. The highest BCUT2D eigenvalue weighted by Crippen LogP contribution is 2.40. The Morgan fingerprint density at radius 1 is 0.710 bits per heavy atom. The number of ether oxygens (including phenoxy) is 2. The topological polar surface area (TPSA) is 309 Å². The molecule has 26 heteroatoms. The Balaban J connectivity index is 0.771. The van der Waals surface area contributed by atoms with Gasteiger partial charge >= 0.3 is 0 Å². The van der Waals surface area contributed by atoms with Gasteiger partial charge in [-0.2, -0.15) is 19.6 Å². The molecule has 10 rings (SSSR count). The van der Waals surface area contributed by atoms with E-state index in [2.05, 4.69) is 46.1 Å². The summed E-state index contributed by atoms with van der Waals surface area (Å²) >= 11 is 0. The Bertz CT molecular complexity index is 2440. The van der Waals surface area contributed by atoms with Gasteiger partial charge in [0.2, 0.25) is 29.5 Å². The highest BCUT2D eigenvalue weighted by atomic mass is 16.6. The second-order valence-corrected chi connectivity index (χ2v) is 16.2. The fraction of sp³-hybridized carbons (Fsp3) is 0.639. The van der Waals surface area contributed by atoms with Crippen LogP contribution in [0.25, 0.3) is 22.3 Å². The molecule has 0 aromatic carbocycles. The Hall–Kier alpha value is -5.93. The molecule has 4 saturated heterocycles. The minimum atomic E-state index is -1.32. The number of carbonyl (C=O) groups excluding carboxylic acids is 1. The first kappa shape index (κ1) is 40.2. The number of hydrogen-bond acceptors (Lipinski definition) is 21. The molecule has 6 aromatic heterocycles. The quantitative estimate of drug-likeness (QED) is 0.0959. The standard InChI is InChI=1S/C36H47N19O7/c1-5-54-46-29(44-48-54)27-23(57)25(59)33(61-27)52-14-37-21-16(3)39-35(42-31(21)52)50-9-7-18(12-50)11-20(56)41-19-8-10-51(13-19)36-40-17(4)22-32(43-36)53(15-38-22)34-26(60)24(58)28(62-34)30-45-49-55(6-2)47-30/h14-15,18-19,23-28,33-34,57-60H,5-13H2,1-4H3,(H,41,56)/t18-,19+,23-,24-,25+,26+,27-,28-,33+,34+/m0/s1. The summed E-state index contributed by atoms with van der Waals surface area (Å²) in [6.45, 7) is 10.7. The number of amides is 1. The van der Waals surface area contributed by atoms with Gasteiger partial charge in [-0.3, -0.25) is 13.9 Å². The minimum absolute atomic E-state index is 0.0529. The van der Waals surface area contributed by atoms with Crippen molar-refractivity contribution in [3.8, 4) is 0 Å². The lowest BCUT2D eigenvalue weighted by Gasteiger charge is -2.20. The first-order valence-corrected chi connectivity index (χ1v) is 20.8. The molecule has 6 aromatic rings. The van der Waals surface area contributed by atoms with E-state index in [0.717, 1.165) is 6.42 Å². The summed E-state index contributed by atoms with van der Waals surface area (Å²) in [4.78, 5) is 48.3. The van der Waals surface area contributed by atoms with Gasteiger partial charge in [0.25, 0.3) is 0 Å². The summed E-state index contributed by atoms with van der Waals surface area (Å²) in [7, 11) is 0. The SMILES string of the molecule is CCn1nnc([C@H]2O[C@@H](n3cnc4c(C)nc(N5CC[C@@H](CC(=O)N[C@@H]6CCN(c7nc(C)c8ncn([C@@H]9O[C@H](c%10nnn(CC)n%10)[C@@H](O)[C@H]9O)c8n7)C6)C5)nc43)[C@H](O)[C@@H]2O)n1. The third-order valence-corrected chi connectivity index (χ3v) is 12.1. The van der Waals surface area contributed by atoms with Crippen LogP contribution in [0.5, 0.6) is 0 Å². The predicted octanol–water partition coefficient (Wildman–Crippen LogP) is -1.81. The lowest BCUT2D eigenvalue weighted by atomic mass is 10.0. The van der Waals surface area contributed by atoms with Crippen LogP contribution in [-0.2, 0) is 27.4 Å². The molecule has 328 valence electrons. The minimum Gasteiger partial charge on any atom is -0.387 e. The van der Waals surface area contributed by atoms with Crippen LogP contribution >= 0.6 is 0 Å². The molecule has 4 aliphatic rings. The third-order valence-electron chi connectivity index (χ3n) is 12.1. The maximum atomic E-state index is 13.4. The highest BCUT2D eigenvalue weighted by Gasteiger charge is 2.48. The van der Waals surface area contributed by atoms with Crippen LogP contribution in [0.15, 0.2) is 12.7 Å². The summed E-state index contributed by atoms with van der Waals surface area (Å²) in [5.41, 5.74) is 3.20. The zero-order valence-electron chi connectivity index (χ0n) is 34.4. The van der Waals surface area contributed by atoms with Gasteiger partial charge in [-0.05, 0) is 56.9 Å². The van der Waals surface area contributed by atoms with Crippen molar-refractivity contribution < 1.29 is 34.7 Å². The molecule has 0 unspecified atom stereocenters. The molecule has 10 atom stereocenters. The van der Waals surface area contributed by atoms with Crippen molar-refractivity contribution in [3.63, 3.8) is 0 Å². The van der Waals surface area contributed by atoms with Crippen molar-refractivity contribution in [2.75, 3.05) is 36.0 Å². The molecule has 0 bridgehead atoms. The zero-order valence-corrected chi connectivity index (χ0v) is 34.4. The number of fused-ring (bicyclic) bond motifs is 2. The molecule has 4 aliphatic heterocycles. The summed E-state index contributed by atoms with van der Waals surface area (Å²) in [5.74, 6) is 1.27. The normalized spacial score (nSPS) is 29.0. The van der Waals surface area contributed by atoms with Gasteiger partial charge in [0.05, 0.1) is 37.1 Å². The largest absolute Gasteiger partial charge is 0.387 e. The first-order valence-electron chi connectivity index (χ1n) is 20.8. The smallest absolute Gasteiger partial charge is 0.227 e. The molecule has 4 fully saturated rings. The summed E-state index contributed by atoms with van der Waals surface area (Å²) in [5, 5.41) is 71.4. The van der Waals surface area contributed by atoms with E-state index < -0.39 is 49.1 Å². The van der Waals surface area contributed by atoms with E-state index in [4.69, 9.17) is 29.4 Å². The molecular formula is C36H47N19O7. The second-order valence-electron chi connectivity index (χ2n) is 16.2. The van der Waals surface area contributed by atoms with Crippen LogP contribution in [0.2, 0.25) is 0 Å². The third kappa shape index (κ3) is 6.95. The van der Waals surface area contributed by atoms with Crippen LogP contribution in [-0.4, -0.2) is 162 Å². The van der Waals surface area contributed by atoms with E-state index in [0.29, 0.717) is 97.7 Å². The van der Waals surface area contributed by atoms with Crippen LogP contribution in [0.1, 0.15) is 80.8 Å². The lowest BCUT2D eigenvalue weighted by molar-refractivity contribution is -0.122. The number of nitrogens with zero attached hydrogens (tertiary/aromatic N) is 18. The summed E-state index contributed by atoms with van der Waals surface area (Å²) in [6, 6.07) is -0.126. The Morgan fingerprint density at radius 3 is 1.71 bits per heavy atom. The van der Waals surface area contributed by atoms with Crippen molar-refractivity contribution in [1.82, 2.24) is 84.8 Å². The van der Waals surface area contributed by atoms with Crippen LogP contribution < -0.4 is 15.1 Å². The number of aryl methyl sites for hydroxylation is 4. The monoisotopic (exact) mass is 857 g/mol. The van der Waals surface area contributed by atoms with E-state index >= 15 is 0 Å². The van der Waals surface area contributed by atoms with E-state index in [1.165, 1.54) is 22.2 Å². The van der Waals surface area contributed by atoms with E-state index in [9.17, 15) is 25.2 Å². The number of nitrogens with one attached hydrogen (secondary N) is 1. The fourth-order valence-corrected chi connectivity index (χ4v) is 8.74. The van der Waals surface area contributed by atoms with Crippen molar-refractivity contribution in [1.29, 1.82) is 0 Å². The van der Waals surface area contributed by atoms with Crippen molar-refractivity contribution in [3.05, 3.63) is 35.7 Å². The molecule has 5 N–H and O–H groups in total. The van der Waals surface area contributed by atoms with E-state index in [1.54, 1.807) is 9.13 Å². The molecule has 0 saturated carbocycles. The van der Waals surface area contributed by atoms with Gasteiger partial charge in [0.1, 0.15) is 35.4 Å². The van der Waals surface area contributed by atoms with Crippen LogP contribution in [0.4, 0.5) is 11.9 Å². The van der Waals surface area contributed by atoms with Gasteiger partial charge < -0.3 is 45.0 Å². The first-order chi connectivity index (χ1) is 30.0. The number of rotatable bonds is 11. The highest BCUT2D eigenvalue weighted by molar-refractivity contribution is 5.78. The van der Waals surface area contributed by atoms with Crippen LogP contribution in [0.3, 0.4) is 0 Å². The van der Waals surface area contributed by atoms with Crippen molar-refractivity contribution in [2.45, 2.75) is 115 Å². The fourth-order valence-electron chi connectivity index (χ4n) is 8.74. The van der Waals surface area contributed by atoms with Gasteiger partial charge in [-0.15, -0.1) is 20.4 Å². The van der Waals surface area contributed by atoms with Crippen molar-refractivity contribution >= 4 is 40.1 Å². The molecule has 26 nitrogen and oxygen atoms in total. The number of carbonyl (C=O) groups is 1. The molecular weight excluding hydrogens is 811 g/mol. The molecule has 0 spiro atoms. The summed E-state index contributed by atoms with van der Waals surface area (Å²) < 4.78 is 15.4. The number of imidazole rings is 2. The number of tetrazole rings is 2. The van der Waals surface area contributed by atoms with Crippen LogP contribution in [0, 0.1) is 19.8 Å². The number of aliphatic hydroxyl groups excluding tert-OH is 4. The molecule has 0 radical (unpaired) electrons.